The molecule has 7 heteroatoms. The number of carbonyl (C=O) groups is 1. The minimum absolute atomic E-state index is 0.132. The number of anilines is 2. The molecule has 0 spiro atoms. The molecular formula is C18H24N2O5. The molecule has 3 N–H and O–H groups in total. The maximum Gasteiger partial charge on any atom is 0.412 e. The molecule has 1 heterocycles. The van der Waals surface area contributed by atoms with Crippen molar-refractivity contribution in [3.8, 4) is 5.75 Å². The van der Waals surface area contributed by atoms with Crippen LogP contribution in [0.5, 0.6) is 5.75 Å². The van der Waals surface area contributed by atoms with Crippen molar-refractivity contribution >= 4 is 17.5 Å². The van der Waals surface area contributed by atoms with E-state index in [1.54, 1.807) is 45.0 Å². The number of methoxy groups -OCH3 is 1. The number of ether oxygens (including phenoxy) is 2. The lowest BCUT2D eigenvalue weighted by atomic mass is 10.2. The van der Waals surface area contributed by atoms with Gasteiger partial charge in [-0.2, -0.15) is 0 Å². The van der Waals surface area contributed by atoms with Gasteiger partial charge in [-0.3, -0.25) is 5.32 Å². The molecule has 136 valence electrons. The third kappa shape index (κ3) is 5.72. The van der Waals surface area contributed by atoms with E-state index in [9.17, 15) is 4.79 Å². The van der Waals surface area contributed by atoms with Crippen molar-refractivity contribution < 1.29 is 23.8 Å². The number of rotatable bonds is 6. The van der Waals surface area contributed by atoms with Gasteiger partial charge in [0.15, 0.2) is 0 Å². The highest BCUT2D eigenvalue weighted by atomic mass is 16.6. The number of amides is 1. The summed E-state index contributed by atoms with van der Waals surface area (Å²) >= 11 is 0. The molecule has 0 fully saturated rings. The lowest BCUT2D eigenvalue weighted by Gasteiger charge is -2.20. The van der Waals surface area contributed by atoms with Crippen LogP contribution in [-0.2, 0) is 17.9 Å². The average molecular weight is 348 g/mol. The summed E-state index contributed by atoms with van der Waals surface area (Å²) in [6.07, 6.45) is -0.554. The van der Waals surface area contributed by atoms with E-state index in [0.29, 0.717) is 29.5 Å². The number of aliphatic hydroxyl groups excluding tert-OH is 1. The molecule has 0 radical (unpaired) electrons. The Morgan fingerprint density at radius 1 is 1.20 bits per heavy atom. The second kappa shape index (κ2) is 7.94. The Labute approximate surface area is 146 Å². The highest BCUT2D eigenvalue weighted by Gasteiger charge is 2.17. The summed E-state index contributed by atoms with van der Waals surface area (Å²) in [6, 6.07) is 8.84. The molecular weight excluding hydrogens is 324 g/mol. The van der Waals surface area contributed by atoms with Crippen molar-refractivity contribution in [2.24, 2.45) is 0 Å². The predicted octanol–water partition coefficient (Wildman–Crippen LogP) is 3.74. The third-order valence-corrected chi connectivity index (χ3v) is 3.17. The molecule has 0 atom stereocenters. The molecule has 0 aliphatic heterocycles. The fourth-order valence-electron chi connectivity index (χ4n) is 2.12. The van der Waals surface area contributed by atoms with Crippen molar-refractivity contribution in [1.29, 1.82) is 0 Å². The largest absolute Gasteiger partial charge is 0.495 e. The third-order valence-electron chi connectivity index (χ3n) is 3.17. The SMILES string of the molecule is COc1ccc(NCc2ccc(CO)o2)cc1NC(=O)OC(C)(C)C. The molecule has 2 rings (SSSR count). The summed E-state index contributed by atoms with van der Waals surface area (Å²) in [4.78, 5) is 12.0. The maximum atomic E-state index is 12.0. The molecule has 0 aliphatic rings. The quantitative estimate of drug-likeness (QED) is 0.736. The molecule has 1 amide bonds. The number of hydrogen-bond donors (Lipinski definition) is 3. The number of carbonyl (C=O) groups excluding carboxylic acids is 1. The minimum atomic E-state index is -0.586. The minimum Gasteiger partial charge on any atom is -0.495 e. The lowest BCUT2D eigenvalue weighted by Crippen LogP contribution is -2.27. The molecule has 7 nitrogen and oxygen atoms in total. The normalized spacial score (nSPS) is 11.1. The van der Waals surface area contributed by atoms with E-state index in [-0.39, 0.29) is 6.61 Å². The van der Waals surface area contributed by atoms with E-state index in [0.717, 1.165) is 5.69 Å². The highest BCUT2D eigenvalue weighted by molar-refractivity contribution is 5.88. The van der Waals surface area contributed by atoms with Gasteiger partial charge in [0, 0.05) is 5.69 Å². The Balaban J connectivity index is 2.06. The van der Waals surface area contributed by atoms with Gasteiger partial charge in [-0.1, -0.05) is 0 Å². The van der Waals surface area contributed by atoms with E-state index in [4.69, 9.17) is 19.0 Å². The Hall–Kier alpha value is -2.67. The Bertz CT molecular complexity index is 718. The molecule has 0 saturated heterocycles. The second-order valence-corrected chi connectivity index (χ2v) is 6.42. The molecule has 0 aliphatic carbocycles. The fraction of sp³-hybridized carbons (Fsp3) is 0.389. The standard InChI is InChI=1S/C18H24N2O5/c1-18(2,3)25-17(22)20-15-9-12(5-8-16(15)23-4)19-10-13-6-7-14(11-21)24-13/h5-9,19,21H,10-11H2,1-4H3,(H,20,22). The lowest BCUT2D eigenvalue weighted by molar-refractivity contribution is 0.0635. The molecule has 0 saturated carbocycles. The zero-order valence-corrected chi connectivity index (χ0v) is 14.9. The van der Waals surface area contributed by atoms with Crippen molar-refractivity contribution in [2.75, 3.05) is 17.7 Å². The van der Waals surface area contributed by atoms with Crippen LogP contribution in [-0.4, -0.2) is 23.9 Å². The van der Waals surface area contributed by atoms with Crippen molar-refractivity contribution in [1.82, 2.24) is 0 Å². The van der Waals surface area contributed by atoms with Gasteiger partial charge in [-0.25, -0.2) is 4.79 Å². The van der Waals surface area contributed by atoms with Gasteiger partial charge >= 0.3 is 6.09 Å². The maximum absolute atomic E-state index is 12.0. The van der Waals surface area contributed by atoms with E-state index in [1.165, 1.54) is 7.11 Å². The smallest absolute Gasteiger partial charge is 0.412 e. The van der Waals surface area contributed by atoms with Gasteiger partial charge in [-0.05, 0) is 51.1 Å². The van der Waals surface area contributed by atoms with Crippen LogP contribution in [0.4, 0.5) is 16.2 Å². The van der Waals surface area contributed by atoms with Gasteiger partial charge in [-0.15, -0.1) is 0 Å². The second-order valence-electron chi connectivity index (χ2n) is 6.42. The van der Waals surface area contributed by atoms with Gasteiger partial charge in [0.1, 0.15) is 29.5 Å². The predicted molar refractivity (Wildman–Crippen MR) is 94.8 cm³/mol. The Kier molecular flexibility index (Phi) is 5.93. The van der Waals surface area contributed by atoms with Crippen molar-refractivity contribution in [2.45, 2.75) is 39.5 Å². The van der Waals surface area contributed by atoms with E-state index < -0.39 is 11.7 Å². The Morgan fingerprint density at radius 2 is 1.92 bits per heavy atom. The van der Waals surface area contributed by atoms with Gasteiger partial charge in [0.2, 0.25) is 0 Å². The summed E-state index contributed by atoms with van der Waals surface area (Å²) in [5.41, 5.74) is 0.683. The van der Waals surface area contributed by atoms with Gasteiger partial charge in [0.25, 0.3) is 0 Å². The van der Waals surface area contributed by atoms with Gasteiger partial charge < -0.3 is 24.3 Å². The van der Waals surface area contributed by atoms with Gasteiger partial charge in [0.05, 0.1) is 19.3 Å². The first-order chi connectivity index (χ1) is 11.8. The topological polar surface area (TPSA) is 93.0 Å². The highest BCUT2D eigenvalue weighted by Crippen LogP contribution is 2.28. The average Bonchev–Trinajstić information content (AvgIpc) is 2.99. The zero-order valence-electron chi connectivity index (χ0n) is 14.9. The molecule has 1 aromatic carbocycles. The Morgan fingerprint density at radius 3 is 2.52 bits per heavy atom. The molecule has 0 unspecified atom stereocenters. The van der Waals surface area contributed by atoms with Crippen LogP contribution in [0.2, 0.25) is 0 Å². The number of aliphatic hydroxyl groups is 1. The van der Waals surface area contributed by atoms with E-state index >= 15 is 0 Å². The summed E-state index contributed by atoms with van der Waals surface area (Å²) in [5.74, 6) is 1.73. The number of furan rings is 1. The first-order valence-corrected chi connectivity index (χ1v) is 7.91. The van der Waals surface area contributed by atoms with Crippen LogP contribution < -0.4 is 15.4 Å². The number of benzene rings is 1. The first kappa shape index (κ1) is 18.7. The number of hydrogen-bond acceptors (Lipinski definition) is 6. The first-order valence-electron chi connectivity index (χ1n) is 7.91. The van der Waals surface area contributed by atoms with Crippen LogP contribution >= 0.6 is 0 Å². The van der Waals surface area contributed by atoms with E-state index in [1.807, 2.05) is 6.07 Å². The number of nitrogens with one attached hydrogen (secondary N) is 2. The van der Waals surface area contributed by atoms with Crippen LogP contribution in [0.1, 0.15) is 32.3 Å². The van der Waals surface area contributed by atoms with Crippen molar-refractivity contribution in [3.05, 3.63) is 41.9 Å². The molecule has 0 bridgehead atoms. The summed E-state index contributed by atoms with van der Waals surface area (Å²) in [5, 5.41) is 14.9. The van der Waals surface area contributed by atoms with Crippen LogP contribution in [0.15, 0.2) is 34.7 Å². The van der Waals surface area contributed by atoms with Crippen LogP contribution in [0.25, 0.3) is 0 Å². The van der Waals surface area contributed by atoms with Crippen LogP contribution in [0.3, 0.4) is 0 Å². The molecule has 2 aromatic rings. The van der Waals surface area contributed by atoms with E-state index in [2.05, 4.69) is 10.6 Å². The fourth-order valence-corrected chi connectivity index (χ4v) is 2.12. The molecule has 1 aromatic heterocycles. The monoisotopic (exact) mass is 348 g/mol. The zero-order chi connectivity index (χ0) is 18.4. The summed E-state index contributed by atoms with van der Waals surface area (Å²) < 4.78 is 16.0. The van der Waals surface area contributed by atoms with Crippen molar-refractivity contribution in [3.63, 3.8) is 0 Å². The summed E-state index contributed by atoms with van der Waals surface area (Å²) in [7, 11) is 1.53. The molecule has 25 heavy (non-hydrogen) atoms. The summed E-state index contributed by atoms with van der Waals surface area (Å²) in [6.45, 7) is 5.70. The van der Waals surface area contributed by atoms with Crippen LogP contribution in [0, 0.1) is 0 Å².